The molecule has 0 atom stereocenters. The second-order valence-corrected chi connectivity index (χ2v) is 9.14. The Hall–Kier alpha value is -0.833. The van der Waals surface area contributed by atoms with Crippen LogP contribution in [0.4, 0.5) is 0 Å². The molecule has 0 bridgehead atoms. The molecule has 0 aliphatic heterocycles. The third kappa shape index (κ3) is 5.75. The SMILES string of the molecule is C=C(C)C(=O)OCC=C[Si](C)(C)CC. The van der Waals surface area contributed by atoms with E-state index in [2.05, 4.69) is 32.3 Å². The molecule has 0 unspecified atom stereocenters. The van der Waals surface area contributed by atoms with E-state index in [0.29, 0.717) is 12.2 Å². The van der Waals surface area contributed by atoms with E-state index in [1.165, 1.54) is 6.04 Å². The summed E-state index contributed by atoms with van der Waals surface area (Å²) < 4.78 is 4.94. The molecule has 0 heterocycles. The monoisotopic (exact) mass is 212 g/mol. The van der Waals surface area contributed by atoms with E-state index in [9.17, 15) is 4.79 Å². The van der Waals surface area contributed by atoms with E-state index in [-0.39, 0.29) is 5.97 Å². The van der Waals surface area contributed by atoms with Gasteiger partial charge in [-0.15, -0.1) is 0 Å². The van der Waals surface area contributed by atoms with Crippen LogP contribution in [0.25, 0.3) is 0 Å². The zero-order chi connectivity index (χ0) is 11.2. The van der Waals surface area contributed by atoms with E-state index in [0.717, 1.165) is 0 Å². The van der Waals surface area contributed by atoms with E-state index in [1.54, 1.807) is 6.92 Å². The molecular formula is C11H20O2Si. The van der Waals surface area contributed by atoms with Crippen molar-refractivity contribution in [1.82, 2.24) is 0 Å². The second-order valence-electron chi connectivity index (χ2n) is 4.12. The smallest absolute Gasteiger partial charge is 0.333 e. The number of carbonyl (C=O) groups excluding carboxylic acids is 1. The molecule has 0 N–H and O–H groups in total. The van der Waals surface area contributed by atoms with E-state index >= 15 is 0 Å². The zero-order valence-electron chi connectivity index (χ0n) is 9.59. The van der Waals surface area contributed by atoms with Crippen LogP contribution in [-0.2, 0) is 9.53 Å². The molecule has 2 nitrogen and oxygen atoms in total. The topological polar surface area (TPSA) is 26.3 Å². The molecule has 0 rings (SSSR count). The molecular weight excluding hydrogens is 192 g/mol. The van der Waals surface area contributed by atoms with Crippen LogP contribution in [0.5, 0.6) is 0 Å². The number of ether oxygens (including phenoxy) is 1. The van der Waals surface area contributed by atoms with Crippen molar-refractivity contribution in [2.45, 2.75) is 33.0 Å². The van der Waals surface area contributed by atoms with E-state index in [1.807, 2.05) is 6.08 Å². The molecule has 14 heavy (non-hydrogen) atoms. The largest absolute Gasteiger partial charge is 0.458 e. The lowest BCUT2D eigenvalue weighted by atomic mass is 10.4. The number of hydrogen-bond acceptors (Lipinski definition) is 2. The third-order valence-corrected chi connectivity index (χ3v) is 5.10. The Morgan fingerprint density at radius 1 is 1.50 bits per heavy atom. The molecule has 0 aliphatic rings. The molecule has 0 radical (unpaired) electrons. The van der Waals surface area contributed by atoms with Gasteiger partial charge in [-0.05, 0) is 6.92 Å². The van der Waals surface area contributed by atoms with E-state index < -0.39 is 8.07 Å². The second kappa shape index (κ2) is 5.80. The fourth-order valence-corrected chi connectivity index (χ4v) is 1.70. The summed E-state index contributed by atoms with van der Waals surface area (Å²) >= 11 is 0. The Bertz CT molecular complexity index is 242. The number of esters is 1. The van der Waals surface area contributed by atoms with Gasteiger partial charge in [0.25, 0.3) is 0 Å². The first kappa shape index (κ1) is 13.2. The first-order valence-corrected chi connectivity index (χ1v) is 8.18. The summed E-state index contributed by atoms with van der Waals surface area (Å²) in [6.07, 6.45) is 1.94. The summed E-state index contributed by atoms with van der Waals surface area (Å²) in [5, 5.41) is 0. The highest BCUT2D eigenvalue weighted by molar-refractivity contribution is 6.82. The maximum absolute atomic E-state index is 11.0. The van der Waals surface area contributed by atoms with Gasteiger partial charge < -0.3 is 4.74 Å². The Morgan fingerprint density at radius 2 is 2.07 bits per heavy atom. The maximum atomic E-state index is 11.0. The Morgan fingerprint density at radius 3 is 2.50 bits per heavy atom. The first-order chi connectivity index (χ1) is 6.39. The fraction of sp³-hybridized carbons (Fsp3) is 0.545. The van der Waals surface area contributed by atoms with Crippen molar-refractivity contribution in [3.8, 4) is 0 Å². The standard InChI is InChI=1S/C11H20O2Si/c1-6-14(4,5)9-7-8-13-11(12)10(2)3/h7,9H,2,6,8H2,1,3-5H3. The lowest BCUT2D eigenvalue weighted by Gasteiger charge is -2.13. The molecule has 0 fully saturated rings. The summed E-state index contributed by atoms with van der Waals surface area (Å²) in [7, 11) is -1.17. The molecule has 0 spiro atoms. The predicted molar refractivity (Wildman–Crippen MR) is 62.9 cm³/mol. The van der Waals surface area contributed by atoms with Crippen molar-refractivity contribution >= 4 is 14.0 Å². The third-order valence-electron chi connectivity index (χ3n) is 2.14. The van der Waals surface area contributed by atoms with Crippen molar-refractivity contribution in [2.24, 2.45) is 0 Å². The number of rotatable bonds is 5. The van der Waals surface area contributed by atoms with Crippen LogP contribution >= 0.6 is 0 Å². The molecule has 0 amide bonds. The maximum Gasteiger partial charge on any atom is 0.333 e. The highest BCUT2D eigenvalue weighted by Gasteiger charge is 2.12. The molecule has 0 aromatic rings. The molecule has 3 heteroatoms. The van der Waals surface area contributed by atoms with Gasteiger partial charge in [-0.1, -0.05) is 44.4 Å². The first-order valence-electron chi connectivity index (χ1n) is 4.89. The summed E-state index contributed by atoms with van der Waals surface area (Å²) in [4.78, 5) is 11.0. The van der Waals surface area contributed by atoms with Gasteiger partial charge in [-0.2, -0.15) is 0 Å². The Labute approximate surface area is 87.7 Å². The lowest BCUT2D eigenvalue weighted by Crippen LogP contribution is -2.20. The zero-order valence-corrected chi connectivity index (χ0v) is 10.6. The van der Waals surface area contributed by atoms with Crippen molar-refractivity contribution in [2.75, 3.05) is 6.61 Å². The van der Waals surface area contributed by atoms with Crippen molar-refractivity contribution < 1.29 is 9.53 Å². The summed E-state index contributed by atoms with van der Waals surface area (Å²) in [5.74, 6) is -0.314. The van der Waals surface area contributed by atoms with Gasteiger partial charge in [0.2, 0.25) is 0 Å². The van der Waals surface area contributed by atoms with Crippen LogP contribution in [0, 0.1) is 0 Å². The van der Waals surface area contributed by atoms with Crippen LogP contribution in [-0.4, -0.2) is 20.7 Å². The Balaban J connectivity index is 3.85. The number of hydrogen-bond donors (Lipinski definition) is 0. The molecule has 0 aliphatic carbocycles. The fourth-order valence-electron chi connectivity index (χ4n) is 0.732. The highest BCUT2D eigenvalue weighted by Crippen LogP contribution is 2.09. The van der Waals surface area contributed by atoms with Crippen LogP contribution in [0.3, 0.4) is 0 Å². The van der Waals surface area contributed by atoms with Gasteiger partial charge in [-0.25, -0.2) is 4.79 Å². The van der Waals surface area contributed by atoms with Crippen molar-refractivity contribution in [3.63, 3.8) is 0 Å². The quantitative estimate of drug-likeness (QED) is 0.398. The van der Waals surface area contributed by atoms with Gasteiger partial charge in [-0.3, -0.25) is 0 Å². The van der Waals surface area contributed by atoms with Crippen LogP contribution in [0.1, 0.15) is 13.8 Å². The minimum atomic E-state index is -1.17. The molecule has 0 aromatic heterocycles. The van der Waals surface area contributed by atoms with Crippen LogP contribution < -0.4 is 0 Å². The normalized spacial score (nSPS) is 11.7. The Kier molecular flexibility index (Phi) is 5.46. The lowest BCUT2D eigenvalue weighted by molar-refractivity contribution is -0.137. The minimum Gasteiger partial charge on any atom is -0.458 e. The van der Waals surface area contributed by atoms with Gasteiger partial charge in [0.15, 0.2) is 0 Å². The minimum absolute atomic E-state index is 0.314. The summed E-state index contributed by atoms with van der Waals surface area (Å²) in [6, 6.07) is 1.21. The molecule has 0 saturated heterocycles. The van der Waals surface area contributed by atoms with Gasteiger partial charge in [0.1, 0.15) is 6.61 Å². The van der Waals surface area contributed by atoms with Crippen molar-refractivity contribution in [3.05, 3.63) is 23.9 Å². The van der Waals surface area contributed by atoms with E-state index in [4.69, 9.17) is 4.74 Å². The van der Waals surface area contributed by atoms with Crippen LogP contribution in [0.15, 0.2) is 23.9 Å². The van der Waals surface area contributed by atoms with Crippen LogP contribution in [0.2, 0.25) is 19.1 Å². The predicted octanol–water partition coefficient (Wildman–Crippen LogP) is 2.93. The van der Waals surface area contributed by atoms with Crippen molar-refractivity contribution in [1.29, 1.82) is 0 Å². The molecule has 0 aromatic carbocycles. The molecule has 80 valence electrons. The summed E-state index contributed by atoms with van der Waals surface area (Å²) in [6.45, 7) is 12.3. The van der Waals surface area contributed by atoms with Gasteiger partial charge >= 0.3 is 5.97 Å². The van der Waals surface area contributed by atoms with Gasteiger partial charge in [0, 0.05) is 5.57 Å². The average molecular weight is 212 g/mol. The highest BCUT2D eigenvalue weighted by atomic mass is 28.3. The average Bonchev–Trinajstić information content (AvgIpc) is 2.12. The molecule has 0 saturated carbocycles. The van der Waals surface area contributed by atoms with Gasteiger partial charge in [0.05, 0.1) is 8.07 Å². The summed E-state index contributed by atoms with van der Waals surface area (Å²) in [5.41, 5.74) is 2.66. The number of carbonyl (C=O) groups is 1.